The summed E-state index contributed by atoms with van der Waals surface area (Å²) < 4.78 is 1.11. The van der Waals surface area contributed by atoms with Gasteiger partial charge in [-0.1, -0.05) is 66.2 Å². The van der Waals surface area contributed by atoms with Gasteiger partial charge in [0.15, 0.2) is 0 Å². The van der Waals surface area contributed by atoms with Crippen LogP contribution in [0.25, 0.3) is 0 Å². The van der Waals surface area contributed by atoms with Gasteiger partial charge < -0.3 is 0 Å². The van der Waals surface area contributed by atoms with Gasteiger partial charge in [-0.2, -0.15) is 0 Å². The summed E-state index contributed by atoms with van der Waals surface area (Å²) in [5, 5.41) is -0.0990. The van der Waals surface area contributed by atoms with Crippen molar-refractivity contribution in [1.29, 1.82) is 0 Å². The van der Waals surface area contributed by atoms with Gasteiger partial charge in [-0.3, -0.25) is 0 Å². The summed E-state index contributed by atoms with van der Waals surface area (Å²) in [5.74, 6) is 0.552. The maximum Gasteiger partial charge on any atom is 0.0835 e. The number of alkyl halides is 1. The monoisotopic (exact) mass is 336 g/mol. The molecule has 0 bridgehead atoms. The molecule has 19 heavy (non-hydrogen) atoms. The van der Waals surface area contributed by atoms with Crippen LogP contribution in [0.3, 0.4) is 0 Å². The van der Waals surface area contributed by atoms with Crippen molar-refractivity contribution < 1.29 is 0 Å². The van der Waals surface area contributed by atoms with Crippen LogP contribution >= 0.6 is 27.5 Å². The normalized spacial score (nSPS) is 12.7. The molecule has 100 valence electrons. The summed E-state index contributed by atoms with van der Waals surface area (Å²) in [6.07, 6.45) is 0. The molecule has 0 heterocycles. The quantitative estimate of drug-likeness (QED) is 0.584. The Morgan fingerprint density at radius 2 is 1.42 bits per heavy atom. The van der Waals surface area contributed by atoms with Crippen molar-refractivity contribution in [2.24, 2.45) is 0 Å². The summed E-state index contributed by atoms with van der Waals surface area (Å²) in [6.45, 7) is 6.48. The summed E-state index contributed by atoms with van der Waals surface area (Å²) in [4.78, 5) is 0. The molecule has 2 aromatic carbocycles. The lowest BCUT2D eigenvalue weighted by atomic mass is 9.98. The minimum Gasteiger partial charge on any atom is -0.113 e. The smallest absolute Gasteiger partial charge is 0.0835 e. The highest BCUT2D eigenvalue weighted by Crippen LogP contribution is 2.32. The average Bonchev–Trinajstić information content (AvgIpc) is 2.41. The first-order valence-corrected chi connectivity index (χ1v) is 7.72. The van der Waals surface area contributed by atoms with E-state index in [0.717, 1.165) is 15.6 Å². The molecule has 1 atom stereocenters. The van der Waals surface area contributed by atoms with E-state index >= 15 is 0 Å². The van der Waals surface area contributed by atoms with Crippen LogP contribution < -0.4 is 0 Å². The molecule has 2 heteroatoms. The molecule has 0 aliphatic rings. The van der Waals surface area contributed by atoms with Crippen LogP contribution in [0.2, 0.25) is 0 Å². The maximum absolute atomic E-state index is 6.57. The Hall–Kier alpha value is -0.790. The average molecular weight is 338 g/mol. The van der Waals surface area contributed by atoms with Crippen molar-refractivity contribution in [2.75, 3.05) is 0 Å². The highest BCUT2D eigenvalue weighted by atomic mass is 79.9. The van der Waals surface area contributed by atoms with Gasteiger partial charge in [0.2, 0.25) is 0 Å². The molecular formula is C17H18BrCl. The lowest BCUT2D eigenvalue weighted by molar-refractivity contribution is 0.865. The van der Waals surface area contributed by atoms with Crippen molar-refractivity contribution in [3.05, 3.63) is 69.2 Å². The second-order valence-electron chi connectivity index (χ2n) is 5.19. The Morgan fingerprint density at radius 3 is 1.95 bits per heavy atom. The third-order valence-corrected chi connectivity index (χ3v) is 4.74. The SMILES string of the molecule is Cc1ccc(C(Cl)c2ccc(C(C)C)cc2)cc1Br. The van der Waals surface area contributed by atoms with E-state index in [1.54, 1.807) is 0 Å². The van der Waals surface area contributed by atoms with Crippen molar-refractivity contribution in [3.63, 3.8) is 0 Å². The van der Waals surface area contributed by atoms with Gasteiger partial charge in [-0.25, -0.2) is 0 Å². The van der Waals surface area contributed by atoms with E-state index in [-0.39, 0.29) is 5.38 Å². The summed E-state index contributed by atoms with van der Waals surface area (Å²) in [5.41, 5.74) is 4.83. The van der Waals surface area contributed by atoms with Gasteiger partial charge in [0.05, 0.1) is 5.38 Å². The molecular weight excluding hydrogens is 320 g/mol. The van der Waals surface area contributed by atoms with E-state index in [2.05, 4.69) is 79.2 Å². The zero-order valence-electron chi connectivity index (χ0n) is 11.5. The van der Waals surface area contributed by atoms with E-state index in [9.17, 15) is 0 Å². The van der Waals surface area contributed by atoms with Gasteiger partial charge in [0, 0.05) is 4.47 Å². The Bertz CT molecular complexity index is 558. The first-order chi connectivity index (χ1) is 8.99. The van der Waals surface area contributed by atoms with Crippen LogP contribution in [0.15, 0.2) is 46.9 Å². The van der Waals surface area contributed by atoms with Gasteiger partial charge >= 0.3 is 0 Å². The van der Waals surface area contributed by atoms with E-state index in [4.69, 9.17) is 11.6 Å². The molecule has 0 nitrogen and oxygen atoms in total. The largest absolute Gasteiger partial charge is 0.113 e. The molecule has 0 amide bonds. The van der Waals surface area contributed by atoms with Crippen molar-refractivity contribution >= 4 is 27.5 Å². The molecule has 2 rings (SSSR count). The van der Waals surface area contributed by atoms with Crippen LogP contribution in [-0.4, -0.2) is 0 Å². The Morgan fingerprint density at radius 1 is 0.895 bits per heavy atom. The standard InChI is InChI=1S/C17H18BrCl/c1-11(2)13-6-8-14(9-7-13)17(19)15-5-4-12(3)16(18)10-15/h4-11,17H,1-3H3. The fraction of sp³-hybridized carbons (Fsp3) is 0.294. The number of benzene rings is 2. The van der Waals surface area contributed by atoms with Crippen molar-refractivity contribution in [1.82, 2.24) is 0 Å². The molecule has 0 spiro atoms. The fourth-order valence-corrected chi connectivity index (χ4v) is 2.69. The predicted molar refractivity (Wildman–Crippen MR) is 87.1 cm³/mol. The zero-order chi connectivity index (χ0) is 14.0. The highest BCUT2D eigenvalue weighted by molar-refractivity contribution is 9.10. The summed E-state index contributed by atoms with van der Waals surface area (Å²) >= 11 is 10.1. The number of hydrogen-bond acceptors (Lipinski definition) is 0. The van der Waals surface area contributed by atoms with Crippen molar-refractivity contribution in [3.8, 4) is 0 Å². The molecule has 2 aromatic rings. The van der Waals surface area contributed by atoms with Crippen LogP contribution in [-0.2, 0) is 0 Å². The lowest BCUT2D eigenvalue weighted by Crippen LogP contribution is -1.95. The third kappa shape index (κ3) is 3.40. The Balaban J connectivity index is 2.27. The molecule has 0 N–H and O–H groups in total. The summed E-state index contributed by atoms with van der Waals surface area (Å²) in [6, 6.07) is 14.9. The zero-order valence-corrected chi connectivity index (χ0v) is 13.8. The Kier molecular flexibility index (Phi) is 4.70. The number of hydrogen-bond donors (Lipinski definition) is 0. The van der Waals surface area contributed by atoms with E-state index in [1.807, 2.05) is 0 Å². The van der Waals surface area contributed by atoms with Gasteiger partial charge in [0.1, 0.15) is 0 Å². The first kappa shape index (κ1) is 14.6. The molecule has 0 aliphatic carbocycles. The molecule has 0 aliphatic heterocycles. The molecule has 1 unspecified atom stereocenters. The second-order valence-corrected chi connectivity index (χ2v) is 6.48. The van der Waals surface area contributed by atoms with E-state index in [1.165, 1.54) is 11.1 Å². The topological polar surface area (TPSA) is 0 Å². The third-order valence-electron chi connectivity index (χ3n) is 3.38. The van der Waals surface area contributed by atoms with Crippen LogP contribution in [0.4, 0.5) is 0 Å². The number of halogens is 2. The fourth-order valence-electron chi connectivity index (χ4n) is 2.01. The van der Waals surface area contributed by atoms with Gasteiger partial charge in [-0.15, -0.1) is 11.6 Å². The van der Waals surface area contributed by atoms with Crippen LogP contribution in [0.5, 0.6) is 0 Å². The number of aryl methyl sites for hydroxylation is 1. The van der Waals surface area contributed by atoms with E-state index < -0.39 is 0 Å². The number of rotatable bonds is 3. The minimum absolute atomic E-state index is 0.0990. The maximum atomic E-state index is 6.57. The van der Waals surface area contributed by atoms with Gasteiger partial charge in [-0.05, 0) is 41.2 Å². The first-order valence-electron chi connectivity index (χ1n) is 6.49. The lowest BCUT2D eigenvalue weighted by Gasteiger charge is -2.13. The van der Waals surface area contributed by atoms with E-state index in [0.29, 0.717) is 5.92 Å². The molecule has 0 fully saturated rings. The molecule has 0 saturated heterocycles. The second kappa shape index (κ2) is 6.11. The van der Waals surface area contributed by atoms with Crippen LogP contribution in [0, 0.1) is 6.92 Å². The minimum atomic E-state index is -0.0990. The predicted octanol–water partition coefficient (Wildman–Crippen LogP) is 6.21. The molecule has 0 aromatic heterocycles. The van der Waals surface area contributed by atoms with Crippen molar-refractivity contribution in [2.45, 2.75) is 32.1 Å². The van der Waals surface area contributed by atoms with Gasteiger partial charge in [0.25, 0.3) is 0 Å². The highest BCUT2D eigenvalue weighted by Gasteiger charge is 2.12. The van der Waals surface area contributed by atoms with Crippen LogP contribution in [0.1, 0.15) is 47.4 Å². The Labute approximate surface area is 128 Å². The molecule has 0 saturated carbocycles. The molecule has 0 radical (unpaired) electrons. The summed E-state index contributed by atoms with van der Waals surface area (Å²) in [7, 11) is 0.